The third kappa shape index (κ3) is 7.87. The molecule has 2 heterocycles. The van der Waals surface area contributed by atoms with Crippen molar-refractivity contribution in [1.82, 2.24) is 20.5 Å². The SMILES string of the molecule is CN=C(NCCc1cccnc1)NCC(C(C)C)N1CCOCC1.I. The molecule has 0 bridgehead atoms. The van der Waals surface area contributed by atoms with Crippen molar-refractivity contribution in [2.45, 2.75) is 26.3 Å². The molecule has 1 atom stereocenters. The number of ether oxygens (including phenoxy) is 1. The number of morpholine rings is 1. The van der Waals surface area contributed by atoms with E-state index < -0.39 is 0 Å². The van der Waals surface area contributed by atoms with Crippen LogP contribution in [0, 0.1) is 5.92 Å². The Morgan fingerprint density at radius 2 is 2.08 bits per heavy atom. The summed E-state index contributed by atoms with van der Waals surface area (Å²) in [5, 5.41) is 6.86. The van der Waals surface area contributed by atoms with E-state index in [0.717, 1.165) is 51.8 Å². The van der Waals surface area contributed by atoms with E-state index in [1.807, 2.05) is 19.3 Å². The molecule has 1 aliphatic heterocycles. The largest absolute Gasteiger partial charge is 0.379 e. The van der Waals surface area contributed by atoms with Gasteiger partial charge in [-0.2, -0.15) is 0 Å². The van der Waals surface area contributed by atoms with Gasteiger partial charge in [0.2, 0.25) is 0 Å². The molecule has 0 saturated carbocycles. The molecule has 1 aliphatic rings. The van der Waals surface area contributed by atoms with Gasteiger partial charge in [0, 0.05) is 51.7 Å². The van der Waals surface area contributed by atoms with Gasteiger partial charge < -0.3 is 15.4 Å². The number of nitrogens with one attached hydrogen (secondary N) is 2. The van der Waals surface area contributed by atoms with Crippen LogP contribution in [0.25, 0.3) is 0 Å². The minimum atomic E-state index is 0. The summed E-state index contributed by atoms with van der Waals surface area (Å²) in [6, 6.07) is 4.56. The molecule has 1 aromatic rings. The summed E-state index contributed by atoms with van der Waals surface area (Å²) in [6.45, 7) is 9.98. The lowest BCUT2D eigenvalue weighted by Crippen LogP contribution is -2.52. The van der Waals surface area contributed by atoms with Gasteiger partial charge in [-0.3, -0.25) is 14.9 Å². The van der Waals surface area contributed by atoms with Crippen LogP contribution in [0.2, 0.25) is 0 Å². The van der Waals surface area contributed by atoms with Crippen molar-refractivity contribution < 1.29 is 4.74 Å². The van der Waals surface area contributed by atoms with E-state index in [9.17, 15) is 0 Å². The molecule has 1 saturated heterocycles. The van der Waals surface area contributed by atoms with Crippen molar-refractivity contribution in [3.8, 4) is 0 Å². The van der Waals surface area contributed by atoms with E-state index in [-0.39, 0.29) is 24.0 Å². The number of pyridine rings is 1. The minimum absolute atomic E-state index is 0. The van der Waals surface area contributed by atoms with Crippen molar-refractivity contribution in [3.05, 3.63) is 30.1 Å². The van der Waals surface area contributed by atoms with Crippen LogP contribution >= 0.6 is 24.0 Å². The normalized spacial score (nSPS) is 17.0. The molecule has 25 heavy (non-hydrogen) atoms. The summed E-state index contributed by atoms with van der Waals surface area (Å²) in [7, 11) is 1.82. The van der Waals surface area contributed by atoms with E-state index in [2.05, 4.69) is 45.4 Å². The number of nitrogens with zero attached hydrogens (tertiary/aromatic N) is 3. The van der Waals surface area contributed by atoms with Gasteiger partial charge in [-0.25, -0.2) is 0 Å². The van der Waals surface area contributed by atoms with E-state index in [1.165, 1.54) is 5.56 Å². The summed E-state index contributed by atoms with van der Waals surface area (Å²) in [6.07, 6.45) is 4.64. The van der Waals surface area contributed by atoms with E-state index in [0.29, 0.717) is 12.0 Å². The lowest BCUT2D eigenvalue weighted by molar-refractivity contribution is 0.00752. The molecule has 0 radical (unpaired) electrons. The van der Waals surface area contributed by atoms with Crippen LogP contribution in [0.5, 0.6) is 0 Å². The Balaban J connectivity index is 0.00000312. The van der Waals surface area contributed by atoms with Gasteiger partial charge in [-0.05, 0) is 24.0 Å². The zero-order valence-electron chi connectivity index (χ0n) is 15.6. The van der Waals surface area contributed by atoms with Crippen LogP contribution < -0.4 is 10.6 Å². The summed E-state index contributed by atoms with van der Waals surface area (Å²) >= 11 is 0. The first kappa shape index (κ1) is 22.1. The van der Waals surface area contributed by atoms with Crippen LogP contribution in [-0.2, 0) is 11.2 Å². The van der Waals surface area contributed by atoms with Crippen LogP contribution in [0.1, 0.15) is 19.4 Å². The lowest BCUT2D eigenvalue weighted by atomic mass is 10.0. The Bertz CT molecular complexity index is 491. The number of aromatic nitrogens is 1. The first-order chi connectivity index (χ1) is 11.7. The molecule has 2 rings (SSSR count). The average molecular weight is 461 g/mol. The zero-order valence-corrected chi connectivity index (χ0v) is 17.9. The van der Waals surface area contributed by atoms with Gasteiger partial charge in [-0.15, -0.1) is 24.0 Å². The summed E-state index contributed by atoms with van der Waals surface area (Å²) < 4.78 is 5.47. The molecule has 0 amide bonds. The zero-order chi connectivity index (χ0) is 17.2. The molecule has 7 heteroatoms. The number of guanidine groups is 1. The van der Waals surface area contributed by atoms with Crippen molar-refractivity contribution in [1.29, 1.82) is 0 Å². The Morgan fingerprint density at radius 1 is 1.32 bits per heavy atom. The smallest absolute Gasteiger partial charge is 0.191 e. The fraction of sp³-hybridized carbons (Fsp3) is 0.667. The van der Waals surface area contributed by atoms with Crippen molar-refractivity contribution in [2.24, 2.45) is 10.9 Å². The summed E-state index contributed by atoms with van der Waals surface area (Å²) in [4.78, 5) is 11.0. The Kier molecular flexibility index (Phi) is 11.0. The molecule has 6 nitrogen and oxygen atoms in total. The lowest BCUT2D eigenvalue weighted by Gasteiger charge is -2.37. The van der Waals surface area contributed by atoms with Gasteiger partial charge >= 0.3 is 0 Å². The summed E-state index contributed by atoms with van der Waals surface area (Å²) in [5.74, 6) is 1.45. The monoisotopic (exact) mass is 461 g/mol. The number of hydrogen-bond donors (Lipinski definition) is 2. The van der Waals surface area contributed by atoms with Crippen molar-refractivity contribution in [2.75, 3.05) is 46.4 Å². The van der Waals surface area contributed by atoms with Crippen molar-refractivity contribution >= 4 is 29.9 Å². The maximum Gasteiger partial charge on any atom is 0.191 e. The van der Waals surface area contributed by atoms with E-state index >= 15 is 0 Å². The first-order valence-electron chi connectivity index (χ1n) is 8.86. The fourth-order valence-corrected chi connectivity index (χ4v) is 2.99. The van der Waals surface area contributed by atoms with Crippen molar-refractivity contribution in [3.63, 3.8) is 0 Å². The highest BCUT2D eigenvalue weighted by molar-refractivity contribution is 14.0. The Morgan fingerprint density at radius 3 is 2.68 bits per heavy atom. The highest BCUT2D eigenvalue weighted by Gasteiger charge is 2.23. The highest BCUT2D eigenvalue weighted by atomic mass is 127. The second-order valence-corrected chi connectivity index (χ2v) is 6.45. The molecular formula is C18H32IN5O. The predicted molar refractivity (Wildman–Crippen MR) is 114 cm³/mol. The van der Waals surface area contributed by atoms with Crippen LogP contribution in [-0.4, -0.2) is 68.3 Å². The molecule has 2 N–H and O–H groups in total. The topological polar surface area (TPSA) is 61.8 Å². The fourth-order valence-electron chi connectivity index (χ4n) is 2.99. The average Bonchev–Trinajstić information content (AvgIpc) is 2.62. The van der Waals surface area contributed by atoms with Gasteiger partial charge in [0.1, 0.15) is 0 Å². The number of rotatable bonds is 7. The van der Waals surface area contributed by atoms with Crippen LogP contribution in [0.4, 0.5) is 0 Å². The second-order valence-electron chi connectivity index (χ2n) is 6.45. The molecule has 0 spiro atoms. The van der Waals surface area contributed by atoms with Gasteiger partial charge in [-0.1, -0.05) is 19.9 Å². The molecule has 142 valence electrons. The number of halogens is 1. The van der Waals surface area contributed by atoms with E-state index in [1.54, 1.807) is 6.20 Å². The molecular weight excluding hydrogens is 429 g/mol. The maximum atomic E-state index is 5.47. The van der Waals surface area contributed by atoms with Crippen LogP contribution in [0.3, 0.4) is 0 Å². The quantitative estimate of drug-likeness (QED) is 0.368. The van der Waals surface area contributed by atoms with Crippen LogP contribution in [0.15, 0.2) is 29.5 Å². The maximum absolute atomic E-state index is 5.47. The molecule has 0 aliphatic carbocycles. The van der Waals surface area contributed by atoms with Gasteiger partial charge in [0.05, 0.1) is 13.2 Å². The third-order valence-corrected chi connectivity index (χ3v) is 4.42. The first-order valence-corrected chi connectivity index (χ1v) is 8.86. The highest BCUT2D eigenvalue weighted by Crippen LogP contribution is 2.12. The standard InChI is InChI=1S/C18H31N5O.HI/c1-15(2)17(23-9-11-24-12-10-23)14-22-18(19-3)21-8-6-16-5-4-7-20-13-16;/h4-5,7,13,15,17H,6,8-12,14H2,1-3H3,(H2,19,21,22);1H. The van der Waals surface area contributed by atoms with E-state index in [4.69, 9.17) is 4.74 Å². The summed E-state index contributed by atoms with van der Waals surface area (Å²) in [5.41, 5.74) is 1.23. The molecule has 1 unspecified atom stereocenters. The Labute approximate surface area is 168 Å². The second kappa shape index (κ2) is 12.4. The van der Waals surface area contributed by atoms with Gasteiger partial charge in [0.25, 0.3) is 0 Å². The third-order valence-electron chi connectivity index (χ3n) is 4.42. The minimum Gasteiger partial charge on any atom is -0.379 e. The Hall–Kier alpha value is -0.930. The number of hydrogen-bond acceptors (Lipinski definition) is 4. The van der Waals surface area contributed by atoms with Gasteiger partial charge in [0.15, 0.2) is 5.96 Å². The number of aliphatic imine (C=N–C) groups is 1. The molecule has 0 aromatic carbocycles. The molecule has 1 fully saturated rings. The predicted octanol–water partition coefficient (Wildman–Crippen LogP) is 1.76. The molecule has 1 aromatic heterocycles.